The Morgan fingerprint density at radius 3 is 2.44 bits per heavy atom. The van der Waals surface area contributed by atoms with Crippen LogP contribution >= 0.6 is 23.2 Å². The number of nitrogens with zero attached hydrogens (tertiary/aromatic N) is 2. The summed E-state index contributed by atoms with van der Waals surface area (Å²) in [5.74, 6) is -0.309. The van der Waals surface area contributed by atoms with E-state index >= 15 is 0 Å². The largest absolute Gasteiger partial charge is 0.358 e. The van der Waals surface area contributed by atoms with Gasteiger partial charge < -0.3 is 4.74 Å². The molecule has 2 saturated heterocycles. The minimum atomic E-state index is -0.532. The Morgan fingerprint density at radius 2 is 1.83 bits per heavy atom. The van der Waals surface area contributed by atoms with E-state index in [1.165, 1.54) is 17.0 Å². The van der Waals surface area contributed by atoms with Crippen LogP contribution < -0.4 is 4.90 Å². The molecule has 1 aromatic carbocycles. The van der Waals surface area contributed by atoms with Gasteiger partial charge in [-0.1, -0.05) is 23.2 Å². The predicted molar refractivity (Wildman–Crippen MR) is 65.8 cm³/mol. The third-order valence-electron chi connectivity index (χ3n) is 2.93. The molecule has 0 saturated carbocycles. The Balaban J connectivity index is 2.02. The Morgan fingerprint density at radius 1 is 1.17 bits per heavy atom. The van der Waals surface area contributed by atoms with Gasteiger partial charge in [0.25, 0.3) is 5.91 Å². The molecule has 1 atom stereocenters. The summed E-state index contributed by atoms with van der Waals surface area (Å²) in [6.07, 6.45) is 0. The fraction of sp³-hybridized carbons (Fsp3) is 0.273. The summed E-state index contributed by atoms with van der Waals surface area (Å²) >= 11 is 11.7. The van der Waals surface area contributed by atoms with Crippen LogP contribution in [0.25, 0.3) is 0 Å². The molecular formula is C11H8Cl2N2O3. The van der Waals surface area contributed by atoms with Crippen molar-refractivity contribution >= 4 is 40.8 Å². The molecule has 3 amide bonds. The van der Waals surface area contributed by atoms with E-state index in [2.05, 4.69) is 0 Å². The molecule has 2 aliphatic rings. The van der Waals surface area contributed by atoms with Crippen molar-refractivity contribution in [3.8, 4) is 0 Å². The highest BCUT2D eigenvalue weighted by Crippen LogP contribution is 2.31. The van der Waals surface area contributed by atoms with E-state index in [4.69, 9.17) is 27.9 Å². The zero-order chi connectivity index (χ0) is 12.9. The molecule has 5 nitrogen and oxygen atoms in total. The number of anilines is 1. The van der Waals surface area contributed by atoms with Crippen molar-refractivity contribution in [2.75, 3.05) is 18.2 Å². The highest BCUT2D eigenvalue weighted by atomic mass is 35.5. The number of halogens is 2. The summed E-state index contributed by atoms with van der Waals surface area (Å²) in [6, 6.07) is 3.68. The summed E-state index contributed by atoms with van der Waals surface area (Å²) in [5.41, 5.74) is 0.386. The molecule has 1 aromatic rings. The minimum Gasteiger partial charge on any atom is -0.358 e. The molecule has 0 spiro atoms. The quantitative estimate of drug-likeness (QED) is 0.743. The lowest BCUT2D eigenvalue weighted by atomic mass is 10.2. The number of benzene rings is 1. The fourth-order valence-electron chi connectivity index (χ4n) is 2.11. The first kappa shape index (κ1) is 11.8. The van der Waals surface area contributed by atoms with Gasteiger partial charge in [0.15, 0.2) is 0 Å². The number of carbonyl (C=O) groups is 2. The van der Waals surface area contributed by atoms with Gasteiger partial charge in [-0.3, -0.25) is 9.69 Å². The van der Waals surface area contributed by atoms with E-state index in [0.717, 1.165) is 4.90 Å². The average molecular weight is 287 g/mol. The van der Waals surface area contributed by atoms with Crippen LogP contribution in [0.15, 0.2) is 18.2 Å². The molecule has 0 bridgehead atoms. The average Bonchev–Trinajstić information content (AvgIpc) is 2.83. The second-order valence-corrected chi connectivity index (χ2v) is 4.94. The number of ether oxygens (including phenoxy) is 1. The van der Waals surface area contributed by atoms with Crippen LogP contribution in [-0.4, -0.2) is 36.2 Å². The van der Waals surface area contributed by atoms with E-state index < -0.39 is 12.1 Å². The lowest BCUT2D eigenvalue weighted by molar-refractivity contribution is -0.119. The predicted octanol–water partition coefficient (Wildman–Crippen LogP) is 2.12. The number of urea groups is 1. The summed E-state index contributed by atoms with van der Waals surface area (Å²) in [7, 11) is 0. The summed E-state index contributed by atoms with van der Waals surface area (Å²) in [5, 5.41) is 0.753. The molecule has 7 heteroatoms. The maximum Gasteiger partial charge on any atom is 0.334 e. The number of fused-ring (bicyclic) bond motifs is 1. The molecule has 2 heterocycles. The number of carbonyl (C=O) groups excluding carboxylic acids is 2. The summed E-state index contributed by atoms with van der Waals surface area (Å²) in [4.78, 5) is 26.7. The number of hydrogen-bond acceptors (Lipinski definition) is 3. The molecule has 0 unspecified atom stereocenters. The van der Waals surface area contributed by atoms with E-state index in [-0.39, 0.29) is 19.2 Å². The monoisotopic (exact) mass is 286 g/mol. The lowest BCUT2D eigenvalue weighted by Crippen LogP contribution is -2.33. The molecule has 0 radical (unpaired) electrons. The van der Waals surface area contributed by atoms with E-state index in [0.29, 0.717) is 15.7 Å². The molecule has 0 aliphatic carbocycles. The lowest BCUT2D eigenvalue weighted by Gasteiger charge is -2.15. The number of imide groups is 1. The molecule has 18 heavy (non-hydrogen) atoms. The zero-order valence-electron chi connectivity index (χ0n) is 9.10. The molecule has 3 rings (SSSR count). The van der Waals surface area contributed by atoms with Crippen LogP contribution in [0.4, 0.5) is 10.5 Å². The SMILES string of the molecule is O=C1[C@@H]2COCN2C(=O)N1c1cc(Cl)cc(Cl)c1. The van der Waals surface area contributed by atoms with Gasteiger partial charge in [-0.25, -0.2) is 9.69 Å². The van der Waals surface area contributed by atoms with Gasteiger partial charge >= 0.3 is 6.03 Å². The second-order valence-electron chi connectivity index (χ2n) is 4.07. The molecule has 2 aliphatic heterocycles. The van der Waals surface area contributed by atoms with Crippen LogP contribution in [0, 0.1) is 0 Å². The number of amides is 3. The van der Waals surface area contributed by atoms with Gasteiger partial charge in [0.2, 0.25) is 0 Å². The maximum absolute atomic E-state index is 12.1. The fourth-order valence-corrected chi connectivity index (χ4v) is 2.63. The van der Waals surface area contributed by atoms with Gasteiger partial charge in [-0.2, -0.15) is 0 Å². The van der Waals surface area contributed by atoms with Gasteiger partial charge in [0.1, 0.15) is 12.8 Å². The van der Waals surface area contributed by atoms with Crippen LogP contribution in [0.5, 0.6) is 0 Å². The first-order valence-electron chi connectivity index (χ1n) is 5.26. The van der Waals surface area contributed by atoms with E-state index in [1.807, 2.05) is 0 Å². The first-order valence-corrected chi connectivity index (χ1v) is 6.02. The van der Waals surface area contributed by atoms with E-state index in [9.17, 15) is 9.59 Å². The summed E-state index contributed by atoms with van der Waals surface area (Å²) in [6.45, 7) is 0.370. The normalized spacial score (nSPS) is 22.9. The highest BCUT2D eigenvalue weighted by molar-refractivity contribution is 6.35. The maximum atomic E-state index is 12.1. The van der Waals surface area contributed by atoms with Crippen LogP contribution in [0.2, 0.25) is 10.0 Å². The van der Waals surface area contributed by atoms with Crippen molar-refractivity contribution in [3.63, 3.8) is 0 Å². The Bertz CT molecular complexity index is 507. The molecule has 2 fully saturated rings. The number of hydrogen-bond donors (Lipinski definition) is 0. The van der Waals surface area contributed by atoms with Crippen molar-refractivity contribution in [1.29, 1.82) is 0 Å². The minimum absolute atomic E-state index is 0.139. The van der Waals surface area contributed by atoms with Gasteiger partial charge in [0, 0.05) is 10.0 Å². The second kappa shape index (κ2) is 4.12. The van der Waals surface area contributed by atoms with Crippen molar-refractivity contribution in [2.24, 2.45) is 0 Å². The first-order chi connectivity index (χ1) is 8.58. The van der Waals surface area contributed by atoms with Crippen molar-refractivity contribution in [3.05, 3.63) is 28.2 Å². The Hall–Kier alpha value is -1.30. The topological polar surface area (TPSA) is 49.9 Å². The van der Waals surface area contributed by atoms with Gasteiger partial charge in [-0.05, 0) is 18.2 Å². The standard InChI is InChI=1S/C11H8Cl2N2O3/c12-6-1-7(13)3-8(2-6)15-10(16)9-4-18-5-14(9)11(15)17/h1-3,9H,4-5H2/t9-/m0/s1. The zero-order valence-corrected chi connectivity index (χ0v) is 10.6. The van der Waals surface area contributed by atoms with Gasteiger partial charge in [-0.15, -0.1) is 0 Å². The Kier molecular flexibility index (Phi) is 2.69. The van der Waals surface area contributed by atoms with Crippen molar-refractivity contribution in [1.82, 2.24) is 4.90 Å². The van der Waals surface area contributed by atoms with Crippen molar-refractivity contribution in [2.45, 2.75) is 6.04 Å². The molecule has 0 aromatic heterocycles. The molecule has 94 valence electrons. The third kappa shape index (κ3) is 1.67. The molecular weight excluding hydrogens is 279 g/mol. The van der Waals surface area contributed by atoms with Gasteiger partial charge in [0.05, 0.1) is 12.3 Å². The Labute approximate surface area is 113 Å². The van der Waals surface area contributed by atoms with Crippen molar-refractivity contribution < 1.29 is 14.3 Å². The van der Waals surface area contributed by atoms with Crippen LogP contribution in [0.3, 0.4) is 0 Å². The van der Waals surface area contributed by atoms with Crippen LogP contribution in [-0.2, 0) is 9.53 Å². The summed E-state index contributed by atoms with van der Waals surface area (Å²) < 4.78 is 5.09. The van der Waals surface area contributed by atoms with Crippen LogP contribution in [0.1, 0.15) is 0 Å². The molecule has 0 N–H and O–H groups in total. The van der Waals surface area contributed by atoms with E-state index in [1.54, 1.807) is 6.07 Å². The smallest absolute Gasteiger partial charge is 0.334 e. The third-order valence-corrected chi connectivity index (χ3v) is 3.37. The number of rotatable bonds is 1. The highest BCUT2D eigenvalue weighted by Gasteiger charge is 2.49.